The van der Waals surface area contributed by atoms with Gasteiger partial charge < -0.3 is 19.3 Å². The van der Waals surface area contributed by atoms with Gasteiger partial charge in [0.05, 0.1) is 13.0 Å². The van der Waals surface area contributed by atoms with Crippen LogP contribution in [0, 0.1) is 5.92 Å². The number of nitrogens with zero attached hydrogens (tertiary/aromatic N) is 2. The lowest BCUT2D eigenvalue weighted by Crippen LogP contribution is -2.45. The molecule has 1 unspecified atom stereocenters. The second-order valence-electron chi connectivity index (χ2n) is 10.8. The summed E-state index contributed by atoms with van der Waals surface area (Å²) in [6, 6.07) is 21.0. The maximum Gasteiger partial charge on any atom is 0.349 e. The number of amides is 1. The Bertz CT molecular complexity index is 1250. The zero-order valence-electron chi connectivity index (χ0n) is 22.4. The Balaban J connectivity index is 1.25. The summed E-state index contributed by atoms with van der Waals surface area (Å²) in [5.41, 5.74) is 2.32. The second-order valence-corrected chi connectivity index (χ2v) is 11.7. The van der Waals surface area contributed by atoms with Crippen molar-refractivity contribution in [1.29, 1.82) is 0 Å². The minimum atomic E-state index is -1.08. The summed E-state index contributed by atoms with van der Waals surface area (Å²) in [4.78, 5) is 31.5. The van der Waals surface area contributed by atoms with Crippen molar-refractivity contribution in [1.82, 2.24) is 4.90 Å². The molecule has 1 saturated carbocycles. The maximum absolute atomic E-state index is 13.8. The van der Waals surface area contributed by atoms with E-state index in [4.69, 9.17) is 9.47 Å². The van der Waals surface area contributed by atoms with E-state index in [9.17, 15) is 9.59 Å². The van der Waals surface area contributed by atoms with Crippen molar-refractivity contribution in [2.75, 3.05) is 25.1 Å². The van der Waals surface area contributed by atoms with Crippen molar-refractivity contribution in [3.63, 3.8) is 0 Å². The molecule has 7 heteroatoms. The molecule has 200 valence electrons. The van der Waals surface area contributed by atoms with E-state index in [0.29, 0.717) is 24.9 Å². The summed E-state index contributed by atoms with van der Waals surface area (Å²) >= 11 is 1.74. The number of rotatable bonds is 9. The molecule has 0 N–H and O–H groups in total. The summed E-state index contributed by atoms with van der Waals surface area (Å²) in [7, 11) is 1.36. The Morgan fingerprint density at radius 2 is 1.84 bits per heavy atom. The highest BCUT2D eigenvalue weighted by Gasteiger charge is 2.37. The molecule has 1 saturated heterocycles. The molecule has 2 aliphatic rings. The molecule has 0 radical (unpaired) electrons. The minimum absolute atomic E-state index is 0.0363. The van der Waals surface area contributed by atoms with Gasteiger partial charge in [0.25, 0.3) is 0 Å². The lowest BCUT2D eigenvalue weighted by molar-refractivity contribution is -0.156. The van der Waals surface area contributed by atoms with E-state index in [1.54, 1.807) is 25.2 Å². The lowest BCUT2D eigenvalue weighted by atomic mass is 9.95. The summed E-state index contributed by atoms with van der Waals surface area (Å²) in [5.74, 6) is 0.411. The molecule has 2 aromatic carbocycles. The van der Waals surface area contributed by atoms with Crippen LogP contribution in [0.3, 0.4) is 0 Å². The molecule has 1 atom stereocenters. The van der Waals surface area contributed by atoms with Gasteiger partial charge in [0.15, 0.2) is 5.60 Å². The first-order valence-electron chi connectivity index (χ1n) is 13.4. The number of thiophene rings is 1. The highest BCUT2D eigenvalue weighted by Crippen LogP contribution is 2.34. The largest absolute Gasteiger partial charge is 0.476 e. The highest BCUT2D eigenvalue weighted by atomic mass is 32.1. The molecule has 5 rings (SSSR count). The SMILES string of the molecule is COC(=O)C(C)(C)Oc1cccc(N2CCCC(C(=O)N(Cc3ccc(-c4cccs4)cc3)C3CC3)C2)c1. The van der Waals surface area contributed by atoms with E-state index in [2.05, 4.69) is 51.6 Å². The van der Waals surface area contributed by atoms with Crippen molar-refractivity contribution in [3.05, 3.63) is 71.6 Å². The Labute approximate surface area is 229 Å². The smallest absolute Gasteiger partial charge is 0.349 e. The quantitative estimate of drug-likeness (QED) is 0.309. The topological polar surface area (TPSA) is 59.1 Å². The van der Waals surface area contributed by atoms with Crippen molar-refractivity contribution in [2.24, 2.45) is 5.92 Å². The van der Waals surface area contributed by atoms with Crippen molar-refractivity contribution >= 4 is 28.9 Å². The zero-order valence-corrected chi connectivity index (χ0v) is 23.2. The van der Waals surface area contributed by atoms with Crippen molar-refractivity contribution in [3.8, 4) is 16.2 Å². The number of carbonyl (C=O) groups excluding carboxylic acids is 2. The normalized spacial score (nSPS) is 17.7. The average Bonchev–Trinajstić information content (AvgIpc) is 3.63. The Morgan fingerprint density at radius 3 is 2.53 bits per heavy atom. The number of hydrogen-bond donors (Lipinski definition) is 0. The standard InChI is InChI=1S/C31H36N2O4S/c1-31(2,30(35)36-3)37-27-9-4-8-26(19-27)32-17-5-7-24(21-32)29(34)33(25-15-16-25)20-22-11-13-23(14-12-22)28-10-6-18-38-28/h4,6,8-14,18-19,24-25H,5,7,15-17,20-21H2,1-3H3. The molecule has 1 aromatic heterocycles. The van der Waals surface area contributed by atoms with Gasteiger partial charge in [-0.3, -0.25) is 4.79 Å². The van der Waals surface area contributed by atoms with Gasteiger partial charge in [0, 0.05) is 42.3 Å². The summed E-state index contributed by atoms with van der Waals surface area (Å²) in [5, 5.41) is 2.09. The van der Waals surface area contributed by atoms with Crippen LogP contribution in [0.15, 0.2) is 66.0 Å². The molecular weight excluding hydrogens is 496 g/mol. The van der Waals surface area contributed by atoms with E-state index in [1.165, 1.54) is 23.1 Å². The van der Waals surface area contributed by atoms with Crippen LogP contribution in [-0.4, -0.2) is 48.6 Å². The molecule has 1 aliphatic carbocycles. The maximum atomic E-state index is 13.8. The van der Waals surface area contributed by atoms with Crippen LogP contribution < -0.4 is 9.64 Å². The molecular formula is C31H36N2O4S. The molecule has 38 heavy (non-hydrogen) atoms. The van der Waals surface area contributed by atoms with Crippen molar-refractivity contribution < 1.29 is 19.1 Å². The van der Waals surface area contributed by atoms with Crippen LogP contribution in [-0.2, 0) is 20.9 Å². The number of methoxy groups -OCH3 is 1. The third-order valence-electron chi connectivity index (χ3n) is 7.39. The highest BCUT2D eigenvalue weighted by molar-refractivity contribution is 7.13. The van der Waals surface area contributed by atoms with Crippen LogP contribution in [0.5, 0.6) is 5.75 Å². The fourth-order valence-electron chi connectivity index (χ4n) is 5.16. The average molecular weight is 533 g/mol. The predicted molar refractivity (Wildman–Crippen MR) is 151 cm³/mol. The minimum Gasteiger partial charge on any atom is -0.476 e. The van der Waals surface area contributed by atoms with Gasteiger partial charge in [0.1, 0.15) is 5.75 Å². The van der Waals surface area contributed by atoms with E-state index in [0.717, 1.165) is 37.9 Å². The zero-order chi connectivity index (χ0) is 26.7. The fourth-order valence-corrected chi connectivity index (χ4v) is 5.89. The summed E-state index contributed by atoms with van der Waals surface area (Å²) < 4.78 is 10.8. The van der Waals surface area contributed by atoms with Crippen molar-refractivity contribution in [2.45, 2.75) is 57.7 Å². The van der Waals surface area contributed by atoms with E-state index in [1.807, 2.05) is 24.3 Å². The Morgan fingerprint density at radius 1 is 1.05 bits per heavy atom. The van der Waals surface area contributed by atoms with E-state index < -0.39 is 11.6 Å². The molecule has 3 aromatic rings. The molecule has 1 aliphatic heterocycles. The first-order chi connectivity index (χ1) is 18.3. The molecule has 1 amide bonds. The number of anilines is 1. The van der Waals surface area contributed by atoms with Gasteiger partial charge in [-0.2, -0.15) is 0 Å². The summed E-state index contributed by atoms with van der Waals surface area (Å²) in [6.45, 7) is 5.63. The van der Waals surface area contributed by atoms with Crippen LogP contribution in [0.2, 0.25) is 0 Å². The Kier molecular flexibility index (Phi) is 7.75. The third-order valence-corrected chi connectivity index (χ3v) is 8.31. The van der Waals surface area contributed by atoms with Gasteiger partial charge in [0.2, 0.25) is 5.91 Å². The number of hydrogen-bond acceptors (Lipinski definition) is 6. The van der Waals surface area contributed by atoms with E-state index >= 15 is 0 Å². The first-order valence-corrected chi connectivity index (χ1v) is 14.3. The first kappa shape index (κ1) is 26.3. The number of piperidine rings is 1. The second kappa shape index (κ2) is 11.2. The fraction of sp³-hybridized carbons (Fsp3) is 0.419. The lowest BCUT2D eigenvalue weighted by Gasteiger charge is -2.36. The Hall–Kier alpha value is -3.32. The van der Waals surface area contributed by atoms with Gasteiger partial charge in [-0.25, -0.2) is 4.79 Å². The van der Waals surface area contributed by atoms with Gasteiger partial charge in [-0.05, 0) is 74.2 Å². The van der Waals surface area contributed by atoms with Crippen LogP contribution in [0.4, 0.5) is 5.69 Å². The number of benzene rings is 2. The van der Waals surface area contributed by atoms with Crippen LogP contribution in [0.25, 0.3) is 10.4 Å². The van der Waals surface area contributed by atoms with Crippen LogP contribution >= 0.6 is 11.3 Å². The molecule has 2 fully saturated rings. The number of esters is 1. The van der Waals surface area contributed by atoms with Crippen LogP contribution in [0.1, 0.15) is 45.1 Å². The monoisotopic (exact) mass is 532 g/mol. The number of ether oxygens (including phenoxy) is 2. The molecule has 0 bridgehead atoms. The molecule has 6 nitrogen and oxygen atoms in total. The molecule has 0 spiro atoms. The van der Waals surface area contributed by atoms with E-state index in [-0.39, 0.29) is 11.8 Å². The van der Waals surface area contributed by atoms with Gasteiger partial charge in [-0.15, -0.1) is 11.3 Å². The summed E-state index contributed by atoms with van der Waals surface area (Å²) in [6.07, 6.45) is 4.04. The van der Waals surface area contributed by atoms with Gasteiger partial charge >= 0.3 is 5.97 Å². The molecule has 2 heterocycles. The predicted octanol–water partition coefficient (Wildman–Crippen LogP) is 6.15. The third kappa shape index (κ3) is 6.04. The number of carbonyl (C=O) groups is 2. The van der Waals surface area contributed by atoms with Gasteiger partial charge in [-0.1, -0.05) is 36.4 Å².